The van der Waals surface area contributed by atoms with Crippen LogP contribution in [-0.4, -0.2) is 19.5 Å². The largest absolute Gasteiger partial charge is 0.345 e. The van der Waals surface area contributed by atoms with Gasteiger partial charge in [0.15, 0.2) is 6.54 Å². The van der Waals surface area contributed by atoms with Crippen molar-refractivity contribution in [2.45, 2.75) is 19.5 Å². The predicted molar refractivity (Wildman–Crippen MR) is 94.9 cm³/mol. The van der Waals surface area contributed by atoms with Crippen LogP contribution < -0.4 is 10.2 Å². The molecule has 5 heteroatoms. The van der Waals surface area contributed by atoms with Crippen molar-refractivity contribution in [3.8, 4) is 0 Å². The van der Waals surface area contributed by atoms with Crippen molar-refractivity contribution in [3.63, 3.8) is 0 Å². The predicted octanol–water partition coefficient (Wildman–Crippen LogP) is 2.89. The molecule has 2 rings (SSSR count). The van der Waals surface area contributed by atoms with E-state index in [9.17, 15) is 4.79 Å². The van der Waals surface area contributed by atoms with Crippen molar-refractivity contribution in [1.29, 1.82) is 0 Å². The number of carbonyl (C=O) groups is 1. The summed E-state index contributed by atoms with van der Waals surface area (Å²) in [5.41, 5.74) is 2.20. The molecule has 2 aromatic carbocycles. The van der Waals surface area contributed by atoms with Crippen molar-refractivity contribution in [2.24, 2.45) is 0 Å². The quantitative estimate of drug-likeness (QED) is 0.824. The van der Waals surface area contributed by atoms with Gasteiger partial charge in [0.25, 0.3) is 5.91 Å². The highest BCUT2D eigenvalue weighted by molar-refractivity contribution is 6.30. The SMILES string of the molecule is C[C@H](NC(=O)C[NH+](C)Cc1ccc(Cl)cc1)c1ccc(Cl)cc1. The van der Waals surface area contributed by atoms with Gasteiger partial charge < -0.3 is 10.2 Å². The maximum absolute atomic E-state index is 12.2. The smallest absolute Gasteiger partial charge is 0.275 e. The lowest BCUT2D eigenvalue weighted by atomic mass is 10.1. The molecular formula is C18H21Cl2N2O+. The minimum Gasteiger partial charge on any atom is -0.345 e. The van der Waals surface area contributed by atoms with Crippen molar-refractivity contribution in [3.05, 3.63) is 69.7 Å². The Morgan fingerprint density at radius 2 is 1.57 bits per heavy atom. The minimum absolute atomic E-state index is 0.0268. The molecule has 0 fully saturated rings. The van der Waals surface area contributed by atoms with Crippen molar-refractivity contribution in [2.75, 3.05) is 13.6 Å². The number of rotatable bonds is 6. The highest BCUT2D eigenvalue weighted by Crippen LogP contribution is 2.15. The average Bonchev–Trinajstić information content (AvgIpc) is 2.50. The number of nitrogens with one attached hydrogen (secondary N) is 2. The van der Waals surface area contributed by atoms with E-state index in [1.807, 2.05) is 62.5 Å². The second kappa shape index (κ2) is 8.34. The Morgan fingerprint density at radius 1 is 1.04 bits per heavy atom. The van der Waals surface area contributed by atoms with Gasteiger partial charge in [-0.3, -0.25) is 4.79 Å². The van der Waals surface area contributed by atoms with E-state index in [0.717, 1.165) is 27.6 Å². The summed E-state index contributed by atoms with van der Waals surface area (Å²) in [6.45, 7) is 3.16. The standard InChI is InChI=1S/C18H20Cl2N2O/c1-13(15-5-9-17(20)10-6-15)21-18(23)12-22(2)11-14-3-7-16(19)8-4-14/h3-10,13H,11-12H2,1-2H3,(H,21,23)/p+1/t13-/m0/s1. The van der Waals surface area contributed by atoms with Gasteiger partial charge in [0.05, 0.1) is 13.1 Å². The zero-order valence-electron chi connectivity index (χ0n) is 13.3. The molecule has 0 spiro atoms. The summed E-state index contributed by atoms with van der Waals surface area (Å²) in [4.78, 5) is 13.3. The first-order valence-corrected chi connectivity index (χ1v) is 8.30. The zero-order chi connectivity index (χ0) is 16.8. The fourth-order valence-electron chi connectivity index (χ4n) is 2.41. The van der Waals surface area contributed by atoms with Crippen LogP contribution in [0.15, 0.2) is 48.5 Å². The summed E-state index contributed by atoms with van der Waals surface area (Å²) in [5.74, 6) is 0.0268. The first-order chi connectivity index (χ1) is 10.9. The van der Waals surface area contributed by atoms with Gasteiger partial charge in [-0.15, -0.1) is 0 Å². The zero-order valence-corrected chi connectivity index (χ0v) is 14.8. The summed E-state index contributed by atoms with van der Waals surface area (Å²) in [5, 5.41) is 4.43. The summed E-state index contributed by atoms with van der Waals surface area (Å²) in [7, 11) is 2.00. The monoisotopic (exact) mass is 351 g/mol. The maximum Gasteiger partial charge on any atom is 0.275 e. The molecule has 0 radical (unpaired) electrons. The molecule has 1 unspecified atom stereocenters. The van der Waals surface area contributed by atoms with Gasteiger partial charge in [-0.05, 0) is 36.8 Å². The Labute approximate surface area is 147 Å². The third-order valence-electron chi connectivity index (χ3n) is 3.63. The molecule has 122 valence electrons. The van der Waals surface area contributed by atoms with E-state index >= 15 is 0 Å². The third kappa shape index (κ3) is 5.87. The molecule has 1 amide bonds. The van der Waals surface area contributed by atoms with Crippen LogP contribution in [0, 0.1) is 0 Å². The number of amides is 1. The molecule has 3 nitrogen and oxygen atoms in total. The van der Waals surface area contributed by atoms with E-state index in [-0.39, 0.29) is 11.9 Å². The molecular weight excluding hydrogens is 331 g/mol. The summed E-state index contributed by atoms with van der Waals surface area (Å²) >= 11 is 11.8. The van der Waals surface area contributed by atoms with Gasteiger partial charge in [-0.1, -0.05) is 47.5 Å². The summed E-state index contributed by atoms with van der Waals surface area (Å²) in [6.07, 6.45) is 0. The van der Waals surface area contributed by atoms with Gasteiger partial charge in [0.2, 0.25) is 0 Å². The van der Waals surface area contributed by atoms with Crippen molar-refractivity contribution < 1.29 is 9.69 Å². The number of likely N-dealkylation sites (N-methyl/N-ethyl adjacent to an activating group) is 1. The van der Waals surface area contributed by atoms with Crippen LogP contribution in [-0.2, 0) is 11.3 Å². The van der Waals surface area contributed by atoms with Crippen LogP contribution in [0.5, 0.6) is 0 Å². The summed E-state index contributed by atoms with van der Waals surface area (Å²) in [6, 6.07) is 15.2. The minimum atomic E-state index is -0.0388. The van der Waals surface area contributed by atoms with E-state index in [1.165, 1.54) is 0 Å². The maximum atomic E-state index is 12.2. The Hall–Kier alpha value is -1.55. The molecule has 2 N–H and O–H groups in total. The lowest BCUT2D eigenvalue weighted by Gasteiger charge is -2.17. The molecule has 0 saturated heterocycles. The molecule has 0 heterocycles. The number of quaternary nitrogens is 1. The number of benzene rings is 2. The Kier molecular flexibility index (Phi) is 6.46. The van der Waals surface area contributed by atoms with E-state index in [2.05, 4.69) is 5.32 Å². The van der Waals surface area contributed by atoms with Crippen LogP contribution in [0.2, 0.25) is 10.0 Å². The van der Waals surface area contributed by atoms with E-state index in [4.69, 9.17) is 23.2 Å². The second-order valence-electron chi connectivity index (χ2n) is 5.78. The topological polar surface area (TPSA) is 33.5 Å². The van der Waals surface area contributed by atoms with Gasteiger partial charge in [-0.25, -0.2) is 0 Å². The fourth-order valence-corrected chi connectivity index (χ4v) is 2.67. The average molecular weight is 352 g/mol. The fraction of sp³-hybridized carbons (Fsp3) is 0.278. The molecule has 2 atom stereocenters. The number of hydrogen-bond donors (Lipinski definition) is 2. The van der Waals surface area contributed by atoms with E-state index in [0.29, 0.717) is 11.6 Å². The molecule has 0 aromatic heterocycles. The van der Waals surface area contributed by atoms with Gasteiger partial charge in [0, 0.05) is 15.6 Å². The summed E-state index contributed by atoms with van der Waals surface area (Å²) < 4.78 is 0. The molecule has 0 aliphatic heterocycles. The Bertz CT molecular complexity index is 641. The van der Waals surface area contributed by atoms with Crippen LogP contribution in [0.1, 0.15) is 24.1 Å². The molecule has 0 saturated carbocycles. The lowest BCUT2D eigenvalue weighted by molar-refractivity contribution is -0.885. The highest BCUT2D eigenvalue weighted by atomic mass is 35.5. The molecule has 0 aliphatic rings. The van der Waals surface area contributed by atoms with Gasteiger partial charge >= 0.3 is 0 Å². The molecule has 23 heavy (non-hydrogen) atoms. The van der Waals surface area contributed by atoms with Crippen LogP contribution in [0.4, 0.5) is 0 Å². The first kappa shape index (κ1) is 17.8. The van der Waals surface area contributed by atoms with Crippen LogP contribution in [0.3, 0.4) is 0 Å². The van der Waals surface area contributed by atoms with Crippen molar-refractivity contribution >= 4 is 29.1 Å². The molecule has 2 aromatic rings. The highest BCUT2D eigenvalue weighted by Gasteiger charge is 2.14. The molecule has 0 bridgehead atoms. The first-order valence-electron chi connectivity index (χ1n) is 7.54. The Morgan fingerprint density at radius 3 is 2.13 bits per heavy atom. The second-order valence-corrected chi connectivity index (χ2v) is 6.65. The van der Waals surface area contributed by atoms with Crippen LogP contribution >= 0.6 is 23.2 Å². The normalized spacial score (nSPS) is 13.4. The number of hydrogen-bond acceptors (Lipinski definition) is 1. The lowest BCUT2D eigenvalue weighted by Crippen LogP contribution is -3.08. The van der Waals surface area contributed by atoms with Gasteiger partial charge in [0.1, 0.15) is 6.54 Å². The number of halogens is 2. The molecule has 0 aliphatic carbocycles. The van der Waals surface area contributed by atoms with Crippen molar-refractivity contribution in [1.82, 2.24) is 5.32 Å². The number of carbonyl (C=O) groups excluding carboxylic acids is 1. The van der Waals surface area contributed by atoms with Gasteiger partial charge in [-0.2, -0.15) is 0 Å². The Balaban J connectivity index is 1.83. The van der Waals surface area contributed by atoms with E-state index < -0.39 is 0 Å². The van der Waals surface area contributed by atoms with Crippen LogP contribution in [0.25, 0.3) is 0 Å². The van der Waals surface area contributed by atoms with E-state index in [1.54, 1.807) is 0 Å². The third-order valence-corrected chi connectivity index (χ3v) is 4.13.